The molecule has 0 aliphatic carbocycles. The lowest BCUT2D eigenvalue weighted by atomic mass is 9.91. The van der Waals surface area contributed by atoms with Crippen molar-refractivity contribution in [3.63, 3.8) is 0 Å². The number of benzene rings is 1. The Morgan fingerprint density at radius 1 is 1.33 bits per heavy atom. The summed E-state index contributed by atoms with van der Waals surface area (Å²) in [6.45, 7) is 6.61. The highest BCUT2D eigenvalue weighted by Gasteiger charge is 2.24. The Morgan fingerprint density at radius 2 is 2.08 bits per heavy atom. The van der Waals surface area contributed by atoms with Gasteiger partial charge in [-0.2, -0.15) is 0 Å². The van der Waals surface area contributed by atoms with E-state index in [0.717, 1.165) is 50.3 Å². The van der Waals surface area contributed by atoms with Gasteiger partial charge in [-0.15, -0.1) is 0 Å². The third-order valence-electron chi connectivity index (χ3n) is 5.00. The molecule has 0 saturated carbocycles. The summed E-state index contributed by atoms with van der Waals surface area (Å²) in [7, 11) is 0. The Morgan fingerprint density at radius 3 is 2.79 bits per heavy atom. The van der Waals surface area contributed by atoms with Crippen LogP contribution in [-0.4, -0.2) is 35.8 Å². The van der Waals surface area contributed by atoms with Crippen LogP contribution < -0.4 is 10.1 Å². The number of anilines is 1. The van der Waals surface area contributed by atoms with E-state index in [1.807, 2.05) is 19.1 Å². The van der Waals surface area contributed by atoms with Crippen LogP contribution in [0.5, 0.6) is 5.75 Å². The number of piperidine rings is 1. The van der Waals surface area contributed by atoms with Gasteiger partial charge in [0.05, 0.1) is 5.69 Å². The maximum absolute atomic E-state index is 11.7. The quantitative estimate of drug-likeness (QED) is 0.902. The average molecular weight is 330 g/mol. The van der Waals surface area contributed by atoms with E-state index in [0.29, 0.717) is 18.1 Å². The molecule has 2 aliphatic rings. The zero-order valence-corrected chi connectivity index (χ0v) is 14.5. The average Bonchev–Trinajstić information content (AvgIpc) is 2.58. The number of hydrogen-bond donors (Lipinski definition) is 1. The van der Waals surface area contributed by atoms with Crippen LogP contribution in [-0.2, 0) is 16.1 Å². The molecule has 130 valence electrons. The molecular weight excluding hydrogens is 304 g/mol. The number of nitrogens with zero attached hydrogens (tertiary/aromatic N) is 1. The van der Waals surface area contributed by atoms with E-state index >= 15 is 0 Å². The number of fused-ring (bicyclic) bond motifs is 1. The highest BCUT2D eigenvalue weighted by Crippen LogP contribution is 2.31. The molecule has 0 spiro atoms. The zero-order chi connectivity index (χ0) is 17.1. The molecule has 1 fully saturated rings. The van der Waals surface area contributed by atoms with Crippen molar-refractivity contribution >= 4 is 17.4 Å². The second-order valence-corrected chi connectivity index (χ2v) is 6.90. The van der Waals surface area contributed by atoms with Crippen molar-refractivity contribution in [2.24, 2.45) is 5.92 Å². The van der Waals surface area contributed by atoms with Gasteiger partial charge in [0.25, 0.3) is 5.91 Å². The van der Waals surface area contributed by atoms with Gasteiger partial charge in [-0.3, -0.25) is 14.5 Å². The predicted octanol–water partition coefficient (Wildman–Crippen LogP) is 2.99. The van der Waals surface area contributed by atoms with Crippen LogP contribution in [0.25, 0.3) is 0 Å². The molecule has 2 heterocycles. The van der Waals surface area contributed by atoms with Crippen molar-refractivity contribution in [2.45, 2.75) is 52.2 Å². The van der Waals surface area contributed by atoms with Crippen LogP contribution in [0.1, 0.15) is 45.1 Å². The van der Waals surface area contributed by atoms with Gasteiger partial charge in [0.1, 0.15) is 11.5 Å². The Bertz CT molecular complexity index is 621. The number of amides is 1. The summed E-state index contributed by atoms with van der Waals surface area (Å²) in [5, 5.41) is 2.90. The highest BCUT2D eigenvalue weighted by molar-refractivity contribution is 5.97. The Kier molecular flexibility index (Phi) is 5.19. The van der Waals surface area contributed by atoms with Crippen LogP contribution in [0, 0.1) is 5.92 Å². The maximum Gasteiger partial charge on any atom is 0.265 e. The topological polar surface area (TPSA) is 58.6 Å². The monoisotopic (exact) mass is 330 g/mol. The van der Waals surface area contributed by atoms with Crippen LogP contribution in [0.3, 0.4) is 0 Å². The molecule has 1 aromatic rings. The lowest BCUT2D eigenvalue weighted by molar-refractivity contribution is -0.122. The second-order valence-electron chi connectivity index (χ2n) is 6.90. The Labute approximate surface area is 143 Å². The molecule has 1 saturated heterocycles. The van der Waals surface area contributed by atoms with Crippen LogP contribution in [0.2, 0.25) is 0 Å². The van der Waals surface area contributed by atoms with E-state index in [-0.39, 0.29) is 5.91 Å². The molecule has 3 rings (SSSR count). The maximum atomic E-state index is 11.7. The molecule has 2 aliphatic heterocycles. The molecule has 1 unspecified atom stereocenters. The van der Waals surface area contributed by atoms with Gasteiger partial charge in [0, 0.05) is 19.4 Å². The first-order valence-electron chi connectivity index (χ1n) is 8.89. The van der Waals surface area contributed by atoms with E-state index in [4.69, 9.17) is 4.74 Å². The summed E-state index contributed by atoms with van der Waals surface area (Å²) in [4.78, 5) is 25.7. The molecule has 1 N–H and O–H groups in total. The molecule has 24 heavy (non-hydrogen) atoms. The number of nitrogens with one attached hydrogen (secondary N) is 1. The number of likely N-dealkylation sites (tertiary alicyclic amines) is 1. The van der Waals surface area contributed by atoms with Gasteiger partial charge < -0.3 is 10.1 Å². The normalized spacial score (nSPS) is 21.8. The van der Waals surface area contributed by atoms with Gasteiger partial charge >= 0.3 is 0 Å². The molecule has 1 aromatic carbocycles. The molecule has 1 atom stereocenters. The Hall–Kier alpha value is -1.88. The summed E-state index contributed by atoms with van der Waals surface area (Å²) in [6.07, 6.45) is 3.14. The lowest BCUT2D eigenvalue weighted by Crippen LogP contribution is -2.35. The fourth-order valence-electron chi connectivity index (χ4n) is 3.43. The van der Waals surface area contributed by atoms with Crippen molar-refractivity contribution in [1.82, 2.24) is 4.90 Å². The fraction of sp³-hybridized carbons (Fsp3) is 0.579. The van der Waals surface area contributed by atoms with Gasteiger partial charge in [-0.25, -0.2) is 0 Å². The summed E-state index contributed by atoms with van der Waals surface area (Å²) in [5.41, 5.74) is 1.94. The first-order chi connectivity index (χ1) is 11.5. The molecule has 5 nitrogen and oxygen atoms in total. The minimum atomic E-state index is -0.437. The van der Waals surface area contributed by atoms with E-state index in [1.54, 1.807) is 6.92 Å². The molecule has 0 aromatic heterocycles. The van der Waals surface area contributed by atoms with Crippen molar-refractivity contribution in [3.8, 4) is 5.75 Å². The van der Waals surface area contributed by atoms with Gasteiger partial charge in [-0.05, 0) is 56.5 Å². The number of hydrogen-bond acceptors (Lipinski definition) is 4. The van der Waals surface area contributed by atoms with Crippen molar-refractivity contribution in [2.75, 3.05) is 18.4 Å². The lowest BCUT2D eigenvalue weighted by Gasteiger charge is -2.32. The molecule has 0 radical (unpaired) electrons. The van der Waals surface area contributed by atoms with Gasteiger partial charge in [0.2, 0.25) is 0 Å². The third-order valence-corrected chi connectivity index (χ3v) is 5.00. The number of ether oxygens (including phenoxy) is 1. The highest BCUT2D eigenvalue weighted by atomic mass is 16.5. The minimum absolute atomic E-state index is 0.0962. The standard InChI is InChI=1S/C19H26N2O3/c1-3-16(22)10-14-6-8-21(9-7-14)12-15-4-5-18-17(11-15)20-19(23)13(2)24-18/h4-5,11,13-14H,3,6-10,12H2,1-2H3,(H,20,23). The zero-order valence-electron chi connectivity index (χ0n) is 14.5. The van der Waals surface area contributed by atoms with Crippen molar-refractivity contribution < 1.29 is 14.3 Å². The largest absolute Gasteiger partial charge is 0.479 e. The number of carbonyl (C=O) groups excluding carboxylic acids is 2. The van der Waals surface area contributed by atoms with Crippen LogP contribution in [0.15, 0.2) is 18.2 Å². The van der Waals surface area contributed by atoms with E-state index in [1.165, 1.54) is 5.56 Å². The third kappa shape index (κ3) is 3.96. The first-order valence-corrected chi connectivity index (χ1v) is 8.89. The SMILES string of the molecule is CCC(=O)CC1CCN(Cc2ccc3c(c2)NC(=O)C(C)O3)CC1. The van der Waals surface area contributed by atoms with Gasteiger partial charge in [-0.1, -0.05) is 13.0 Å². The summed E-state index contributed by atoms with van der Waals surface area (Å²) < 4.78 is 5.59. The molecule has 1 amide bonds. The smallest absolute Gasteiger partial charge is 0.265 e. The first kappa shape index (κ1) is 17.0. The molecule has 0 bridgehead atoms. The summed E-state index contributed by atoms with van der Waals surface area (Å²) in [6, 6.07) is 6.01. The molecule has 5 heteroatoms. The van der Waals surface area contributed by atoms with E-state index < -0.39 is 6.10 Å². The van der Waals surface area contributed by atoms with Crippen molar-refractivity contribution in [3.05, 3.63) is 23.8 Å². The number of carbonyl (C=O) groups is 2. The van der Waals surface area contributed by atoms with Crippen LogP contribution in [0.4, 0.5) is 5.69 Å². The van der Waals surface area contributed by atoms with Crippen LogP contribution >= 0.6 is 0 Å². The fourth-order valence-corrected chi connectivity index (χ4v) is 3.43. The van der Waals surface area contributed by atoms with Crippen molar-refractivity contribution in [1.29, 1.82) is 0 Å². The summed E-state index contributed by atoms with van der Waals surface area (Å²) in [5.74, 6) is 1.57. The number of ketones is 1. The predicted molar refractivity (Wildman–Crippen MR) is 93.1 cm³/mol. The number of Topliss-reactive ketones (excluding diaryl/α,β-unsaturated/α-hetero) is 1. The number of rotatable bonds is 5. The van der Waals surface area contributed by atoms with Gasteiger partial charge in [0.15, 0.2) is 6.10 Å². The van der Waals surface area contributed by atoms with E-state index in [2.05, 4.69) is 16.3 Å². The Balaban J connectivity index is 1.55. The summed E-state index contributed by atoms with van der Waals surface area (Å²) >= 11 is 0. The minimum Gasteiger partial charge on any atom is -0.479 e. The second kappa shape index (κ2) is 7.34. The molecular formula is C19H26N2O3. The van der Waals surface area contributed by atoms with E-state index in [9.17, 15) is 9.59 Å².